The molecule has 0 amide bonds. The van der Waals surface area contributed by atoms with Gasteiger partial charge in [-0.05, 0) is 6.42 Å². The zero-order chi connectivity index (χ0) is 10.4. The lowest BCUT2D eigenvalue weighted by Crippen LogP contribution is -2.06. The number of nitrogens with one attached hydrogen (secondary N) is 1. The quantitative estimate of drug-likeness (QED) is 0.561. The largest absolute Gasteiger partial charge is 0.309 e. The number of hydrogen-bond acceptors (Lipinski definition) is 2. The van der Waals surface area contributed by atoms with Crippen molar-refractivity contribution in [2.75, 3.05) is 0 Å². The first-order chi connectivity index (χ1) is 6.74. The van der Waals surface area contributed by atoms with Crippen molar-refractivity contribution in [3.05, 3.63) is 35.9 Å². The first-order valence-electron chi connectivity index (χ1n) is 4.88. The molecule has 0 saturated heterocycles. The van der Waals surface area contributed by atoms with Gasteiger partial charge in [-0.2, -0.15) is 0 Å². The molecule has 0 aliphatic carbocycles. The summed E-state index contributed by atoms with van der Waals surface area (Å²) >= 11 is 0. The highest BCUT2D eigenvalue weighted by Crippen LogP contribution is 2.05. The van der Waals surface area contributed by atoms with Crippen LogP contribution < -0.4 is 0 Å². The summed E-state index contributed by atoms with van der Waals surface area (Å²) < 4.78 is 0. The molecule has 1 aromatic carbocycles. The highest BCUT2D eigenvalue weighted by molar-refractivity contribution is 6.08. The van der Waals surface area contributed by atoms with Gasteiger partial charge >= 0.3 is 0 Å². The smallest absolute Gasteiger partial charge is 0.168 e. The zero-order valence-electron chi connectivity index (χ0n) is 8.42. The lowest BCUT2D eigenvalue weighted by Gasteiger charge is -2.01. The van der Waals surface area contributed by atoms with Crippen molar-refractivity contribution in [1.82, 2.24) is 0 Å². The fourth-order valence-corrected chi connectivity index (χ4v) is 1.31. The molecule has 0 aliphatic heterocycles. The summed E-state index contributed by atoms with van der Waals surface area (Å²) in [7, 11) is 0. The molecule has 0 heterocycles. The van der Waals surface area contributed by atoms with Crippen molar-refractivity contribution in [2.45, 2.75) is 26.2 Å². The Labute approximate surface area is 84.5 Å². The van der Waals surface area contributed by atoms with E-state index >= 15 is 0 Å². The molecule has 74 valence electrons. The Morgan fingerprint density at radius 1 is 1.29 bits per heavy atom. The molecule has 14 heavy (non-hydrogen) atoms. The second-order valence-electron chi connectivity index (χ2n) is 3.32. The summed E-state index contributed by atoms with van der Waals surface area (Å²) in [5, 5.41) is 7.55. The summed E-state index contributed by atoms with van der Waals surface area (Å²) in [6.07, 6.45) is 1.91. The first-order valence-corrected chi connectivity index (χ1v) is 4.88. The van der Waals surface area contributed by atoms with E-state index in [2.05, 4.69) is 0 Å². The highest BCUT2D eigenvalue weighted by atomic mass is 16.1. The van der Waals surface area contributed by atoms with Gasteiger partial charge in [0.2, 0.25) is 0 Å². The Morgan fingerprint density at radius 3 is 2.50 bits per heavy atom. The van der Waals surface area contributed by atoms with Crippen LogP contribution in [0.1, 0.15) is 36.5 Å². The minimum absolute atomic E-state index is 0.0454. The minimum atomic E-state index is 0.0454. The molecular formula is C12H15NO. The van der Waals surface area contributed by atoms with Crippen molar-refractivity contribution >= 4 is 11.5 Å². The molecule has 0 atom stereocenters. The van der Waals surface area contributed by atoms with Crippen LogP contribution in [0, 0.1) is 5.41 Å². The van der Waals surface area contributed by atoms with Gasteiger partial charge in [0, 0.05) is 17.7 Å². The van der Waals surface area contributed by atoms with Crippen LogP contribution in [0.4, 0.5) is 0 Å². The van der Waals surface area contributed by atoms with Gasteiger partial charge < -0.3 is 5.41 Å². The summed E-state index contributed by atoms with van der Waals surface area (Å²) in [6.45, 7) is 2.02. The average molecular weight is 189 g/mol. The molecule has 0 aromatic heterocycles. The van der Waals surface area contributed by atoms with E-state index in [1.807, 2.05) is 25.1 Å². The number of carbonyl (C=O) groups excluding carboxylic acids is 1. The van der Waals surface area contributed by atoms with Crippen molar-refractivity contribution in [3.8, 4) is 0 Å². The Morgan fingerprint density at radius 2 is 1.93 bits per heavy atom. The third-order valence-corrected chi connectivity index (χ3v) is 2.02. The molecule has 2 heteroatoms. The van der Waals surface area contributed by atoms with Gasteiger partial charge in [-0.15, -0.1) is 0 Å². The fourth-order valence-electron chi connectivity index (χ4n) is 1.31. The topological polar surface area (TPSA) is 40.9 Å². The van der Waals surface area contributed by atoms with E-state index in [4.69, 9.17) is 5.41 Å². The van der Waals surface area contributed by atoms with Crippen LogP contribution >= 0.6 is 0 Å². The maximum absolute atomic E-state index is 11.6. The van der Waals surface area contributed by atoms with Crippen LogP contribution in [0.2, 0.25) is 0 Å². The van der Waals surface area contributed by atoms with E-state index < -0.39 is 0 Å². The number of hydrogen-bond donors (Lipinski definition) is 1. The van der Waals surface area contributed by atoms with E-state index in [1.165, 1.54) is 0 Å². The van der Waals surface area contributed by atoms with Crippen LogP contribution in [-0.4, -0.2) is 11.5 Å². The number of rotatable bonds is 5. The van der Waals surface area contributed by atoms with Gasteiger partial charge in [0.05, 0.1) is 0 Å². The zero-order valence-corrected chi connectivity index (χ0v) is 8.42. The Hall–Kier alpha value is -1.44. The third kappa shape index (κ3) is 3.13. The van der Waals surface area contributed by atoms with Gasteiger partial charge in [0.1, 0.15) is 0 Å². The average Bonchev–Trinajstić information content (AvgIpc) is 2.19. The molecule has 2 nitrogen and oxygen atoms in total. The van der Waals surface area contributed by atoms with Gasteiger partial charge in [-0.25, -0.2) is 0 Å². The maximum Gasteiger partial charge on any atom is 0.168 e. The van der Waals surface area contributed by atoms with Crippen LogP contribution in [0.25, 0.3) is 0 Å². The second kappa shape index (κ2) is 5.32. The molecule has 0 aliphatic rings. The molecule has 1 rings (SSSR count). The van der Waals surface area contributed by atoms with Crippen LogP contribution in [0.3, 0.4) is 0 Å². The van der Waals surface area contributed by atoms with Gasteiger partial charge in [0.15, 0.2) is 5.78 Å². The predicted molar refractivity (Wildman–Crippen MR) is 58.0 cm³/mol. The third-order valence-electron chi connectivity index (χ3n) is 2.02. The van der Waals surface area contributed by atoms with Crippen molar-refractivity contribution in [1.29, 1.82) is 5.41 Å². The first kappa shape index (κ1) is 10.6. The van der Waals surface area contributed by atoms with E-state index in [9.17, 15) is 4.79 Å². The molecule has 0 spiro atoms. The molecule has 1 aromatic rings. The lowest BCUT2D eigenvalue weighted by atomic mass is 10.0. The molecule has 0 saturated carbocycles. The summed E-state index contributed by atoms with van der Waals surface area (Å²) in [6, 6.07) is 9.16. The van der Waals surface area contributed by atoms with E-state index in [-0.39, 0.29) is 12.2 Å². The lowest BCUT2D eigenvalue weighted by molar-refractivity contribution is 0.1000. The van der Waals surface area contributed by atoms with Gasteiger partial charge in [0.25, 0.3) is 0 Å². The van der Waals surface area contributed by atoms with Crippen LogP contribution in [0.15, 0.2) is 30.3 Å². The Balaban J connectivity index is 2.55. The minimum Gasteiger partial charge on any atom is -0.309 e. The standard InChI is InChI=1S/C12H15NO/c1-2-6-11(13)9-12(14)10-7-4-3-5-8-10/h3-5,7-8,13H,2,6,9H2,1H3. The highest BCUT2D eigenvalue weighted by Gasteiger charge is 2.07. The summed E-state index contributed by atoms with van der Waals surface area (Å²) in [5.41, 5.74) is 1.23. The SMILES string of the molecule is CCCC(=N)CC(=O)c1ccccc1. The van der Waals surface area contributed by atoms with E-state index in [1.54, 1.807) is 12.1 Å². The molecule has 0 unspecified atom stereocenters. The molecule has 0 radical (unpaired) electrons. The number of carbonyl (C=O) groups is 1. The van der Waals surface area contributed by atoms with Crippen molar-refractivity contribution in [2.24, 2.45) is 0 Å². The Kier molecular flexibility index (Phi) is 4.05. The second-order valence-corrected chi connectivity index (χ2v) is 3.32. The number of Topliss-reactive ketones (excluding diaryl/α,β-unsaturated/α-hetero) is 1. The maximum atomic E-state index is 11.6. The fraction of sp³-hybridized carbons (Fsp3) is 0.333. The number of benzene rings is 1. The molecular weight excluding hydrogens is 174 g/mol. The van der Waals surface area contributed by atoms with Gasteiger partial charge in [-0.3, -0.25) is 4.79 Å². The summed E-state index contributed by atoms with van der Waals surface area (Å²) in [5.74, 6) is 0.0454. The number of ketones is 1. The molecule has 0 bridgehead atoms. The normalized spacial score (nSPS) is 9.79. The van der Waals surface area contributed by atoms with Gasteiger partial charge in [-0.1, -0.05) is 43.7 Å². The molecule has 0 fully saturated rings. The molecule has 1 N–H and O–H groups in total. The monoisotopic (exact) mass is 189 g/mol. The summed E-state index contributed by atoms with van der Waals surface area (Å²) in [4.78, 5) is 11.6. The van der Waals surface area contributed by atoms with Crippen molar-refractivity contribution < 1.29 is 4.79 Å². The van der Waals surface area contributed by atoms with Crippen LogP contribution in [-0.2, 0) is 0 Å². The van der Waals surface area contributed by atoms with E-state index in [0.29, 0.717) is 11.3 Å². The predicted octanol–water partition coefficient (Wildman–Crippen LogP) is 3.08. The Bertz CT molecular complexity index is 316. The van der Waals surface area contributed by atoms with Crippen LogP contribution in [0.5, 0.6) is 0 Å². The van der Waals surface area contributed by atoms with E-state index in [0.717, 1.165) is 12.8 Å². The van der Waals surface area contributed by atoms with Crippen molar-refractivity contribution in [3.63, 3.8) is 0 Å².